The Morgan fingerprint density at radius 1 is 1.28 bits per heavy atom. The minimum atomic E-state index is 0.207. The summed E-state index contributed by atoms with van der Waals surface area (Å²) in [6.07, 6.45) is 5.25. The van der Waals surface area contributed by atoms with Gasteiger partial charge in [0, 0.05) is 63.8 Å². The maximum absolute atomic E-state index is 11.9. The second-order valence-electron chi connectivity index (χ2n) is 6.89. The van der Waals surface area contributed by atoms with Crippen LogP contribution in [0, 0.1) is 0 Å². The first-order chi connectivity index (χ1) is 12.2. The third kappa shape index (κ3) is 3.30. The molecule has 25 heavy (non-hydrogen) atoms. The molecule has 5 nitrogen and oxygen atoms in total. The number of piperazine rings is 1. The Kier molecular flexibility index (Phi) is 4.51. The van der Waals surface area contributed by atoms with Gasteiger partial charge in [0.25, 0.3) is 0 Å². The molecule has 1 fully saturated rings. The standard InChI is InChI=1S/C20H24N4O/c1-23-18-6-4-15(11-16(18)5-7-20(23)25)14-24-10-9-22-13-19(24)17-3-2-8-21-12-17/h2-4,6,8,11-12,19,22H,5,7,9-10,13-14H2,1H3. The van der Waals surface area contributed by atoms with Crippen LogP contribution in [0.15, 0.2) is 42.7 Å². The molecule has 1 aromatic heterocycles. The quantitative estimate of drug-likeness (QED) is 0.933. The highest BCUT2D eigenvalue weighted by atomic mass is 16.2. The monoisotopic (exact) mass is 336 g/mol. The van der Waals surface area contributed by atoms with Crippen molar-refractivity contribution in [1.82, 2.24) is 15.2 Å². The summed E-state index contributed by atoms with van der Waals surface area (Å²) in [6, 6.07) is 11.1. The average Bonchev–Trinajstić information content (AvgIpc) is 2.66. The molecule has 2 aliphatic heterocycles. The summed E-state index contributed by atoms with van der Waals surface area (Å²) in [5.41, 5.74) is 4.92. The Bertz CT molecular complexity index is 762. The summed E-state index contributed by atoms with van der Waals surface area (Å²) in [5.74, 6) is 0.207. The number of anilines is 1. The lowest BCUT2D eigenvalue weighted by Crippen LogP contribution is -2.45. The lowest BCUT2D eigenvalue weighted by atomic mass is 9.98. The van der Waals surface area contributed by atoms with Crippen LogP contribution in [-0.4, -0.2) is 42.5 Å². The molecule has 5 heteroatoms. The number of hydrogen-bond donors (Lipinski definition) is 1. The number of carbonyl (C=O) groups excluding carboxylic acids is 1. The van der Waals surface area contributed by atoms with E-state index in [1.54, 1.807) is 4.90 Å². The molecule has 130 valence electrons. The van der Waals surface area contributed by atoms with E-state index in [0.717, 1.165) is 38.3 Å². The number of fused-ring (bicyclic) bond motifs is 1. The first-order valence-electron chi connectivity index (χ1n) is 8.95. The Balaban J connectivity index is 1.55. The van der Waals surface area contributed by atoms with E-state index in [1.807, 2.05) is 25.5 Å². The number of pyridine rings is 1. The second-order valence-corrected chi connectivity index (χ2v) is 6.89. The number of benzene rings is 1. The molecule has 1 N–H and O–H groups in total. The van der Waals surface area contributed by atoms with Gasteiger partial charge in [0.1, 0.15) is 0 Å². The molecule has 0 radical (unpaired) electrons. The van der Waals surface area contributed by atoms with Crippen molar-refractivity contribution in [3.8, 4) is 0 Å². The lowest BCUT2D eigenvalue weighted by molar-refractivity contribution is -0.118. The van der Waals surface area contributed by atoms with E-state index in [2.05, 4.69) is 39.5 Å². The van der Waals surface area contributed by atoms with Crippen LogP contribution in [0.1, 0.15) is 29.2 Å². The Morgan fingerprint density at radius 2 is 2.20 bits per heavy atom. The van der Waals surface area contributed by atoms with Crippen LogP contribution >= 0.6 is 0 Å². The van der Waals surface area contributed by atoms with Crippen molar-refractivity contribution in [3.05, 3.63) is 59.4 Å². The molecule has 1 amide bonds. The van der Waals surface area contributed by atoms with Crippen LogP contribution in [0.25, 0.3) is 0 Å². The molecule has 1 unspecified atom stereocenters. The third-order valence-electron chi connectivity index (χ3n) is 5.30. The zero-order chi connectivity index (χ0) is 17.2. The van der Waals surface area contributed by atoms with E-state index in [9.17, 15) is 4.79 Å². The second kappa shape index (κ2) is 6.94. The van der Waals surface area contributed by atoms with Crippen molar-refractivity contribution in [2.75, 3.05) is 31.6 Å². The summed E-state index contributed by atoms with van der Waals surface area (Å²) < 4.78 is 0. The SMILES string of the molecule is CN1C(=O)CCc2cc(CN3CCNCC3c3cccnc3)ccc21. The highest BCUT2D eigenvalue weighted by molar-refractivity contribution is 5.95. The zero-order valence-electron chi connectivity index (χ0n) is 14.6. The fraction of sp³-hybridized carbons (Fsp3) is 0.400. The molecule has 1 aromatic carbocycles. The van der Waals surface area contributed by atoms with Crippen molar-refractivity contribution in [2.45, 2.75) is 25.4 Å². The summed E-state index contributed by atoms with van der Waals surface area (Å²) in [7, 11) is 1.87. The Labute approximate surface area is 148 Å². The maximum atomic E-state index is 11.9. The molecule has 0 bridgehead atoms. The van der Waals surface area contributed by atoms with Gasteiger partial charge in [-0.3, -0.25) is 14.7 Å². The predicted molar refractivity (Wildman–Crippen MR) is 98.4 cm³/mol. The number of hydrogen-bond acceptors (Lipinski definition) is 4. The first-order valence-corrected chi connectivity index (χ1v) is 8.95. The lowest BCUT2D eigenvalue weighted by Gasteiger charge is -2.36. The van der Waals surface area contributed by atoms with Crippen molar-refractivity contribution >= 4 is 11.6 Å². The summed E-state index contributed by atoms with van der Waals surface area (Å²) in [6.45, 7) is 3.91. The van der Waals surface area contributed by atoms with E-state index < -0.39 is 0 Å². The van der Waals surface area contributed by atoms with Crippen molar-refractivity contribution < 1.29 is 4.79 Å². The van der Waals surface area contributed by atoms with Gasteiger partial charge in [-0.05, 0) is 35.2 Å². The highest BCUT2D eigenvalue weighted by Crippen LogP contribution is 2.29. The van der Waals surface area contributed by atoms with Crippen molar-refractivity contribution in [1.29, 1.82) is 0 Å². The molecule has 1 atom stereocenters. The Morgan fingerprint density at radius 3 is 3.04 bits per heavy atom. The molecule has 1 saturated heterocycles. The summed E-state index contributed by atoms with van der Waals surface area (Å²) >= 11 is 0. The van der Waals surface area contributed by atoms with Gasteiger partial charge >= 0.3 is 0 Å². The van der Waals surface area contributed by atoms with E-state index in [1.165, 1.54) is 16.7 Å². The van der Waals surface area contributed by atoms with Gasteiger partial charge in [0.2, 0.25) is 5.91 Å². The summed E-state index contributed by atoms with van der Waals surface area (Å²) in [5, 5.41) is 3.50. The molecule has 2 aromatic rings. The van der Waals surface area contributed by atoms with Gasteiger partial charge in [-0.15, -0.1) is 0 Å². The van der Waals surface area contributed by atoms with E-state index in [0.29, 0.717) is 12.5 Å². The van der Waals surface area contributed by atoms with Crippen LogP contribution in [0.4, 0.5) is 5.69 Å². The number of carbonyl (C=O) groups is 1. The van der Waals surface area contributed by atoms with Gasteiger partial charge in [-0.2, -0.15) is 0 Å². The van der Waals surface area contributed by atoms with Gasteiger partial charge < -0.3 is 10.2 Å². The van der Waals surface area contributed by atoms with Gasteiger partial charge in [-0.1, -0.05) is 18.2 Å². The number of nitrogens with one attached hydrogen (secondary N) is 1. The number of nitrogens with zero attached hydrogens (tertiary/aromatic N) is 3. The van der Waals surface area contributed by atoms with E-state index in [4.69, 9.17) is 0 Å². The van der Waals surface area contributed by atoms with Crippen LogP contribution < -0.4 is 10.2 Å². The predicted octanol–water partition coefficient (Wildman–Crippen LogP) is 2.14. The van der Waals surface area contributed by atoms with Crippen molar-refractivity contribution in [2.24, 2.45) is 0 Å². The highest BCUT2D eigenvalue weighted by Gasteiger charge is 2.25. The molecule has 0 saturated carbocycles. The minimum Gasteiger partial charge on any atom is -0.315 e. The van der Waals surface area contributed by atoms with Crippen molar-refractivity contribution in [3.63, 3.8) is 0 Å². The third-order valence-corrected chi connectivity index (χ3v) is 5.30. The molecule has 4 rings (SSSR count). The molecule has 2 aliphatic rings. The molecule has 0 aliphatic carbocycles. The van der Waals surface area contributed by atoms with Gasteiger partial charge in [0.05, 0.1) is 0 Å². The minimum absolute atomic E-state index is 0.207. The smallest absolute Gasteiger partial charge is 0.227 e. The maximum Gasteiger partial charge on any atom is 0.227 e. The topological polar surface area (TPSA) is 48.5 Å². The van der Waals surface area contributed by atoms with E-state index >= 15 is 0 Å². The van der Waals surface area contributed by atoms with Crippen LogP contribution in [0.2, 0.25) is 0 Å². The summed E-state index contributed by atoms with van der Waals surface area (Å²) in [4.78, 5) is 20.5. The first kappa shape index (κ1) is 16.2. The zero-order valence-corrected chi connectivity index (χ0v) is 14.6. The fourth-order valence-electron chi connectivity index (χ4n) is 3.88. The number of aromatic nitrogens is 1. The Hall–Kier alpha value is -2.24. The largest absolute Gasteiger partial charge is 0.315 e. The number of amides is 1. The molecular formula is C20H24N4O. The van der Waals surface area contributed by atoms with Gasteiger partial charge in [-0.25, -0.2) is 0 Å². The van der Waals surface area contributed by atoms with E-state index in [-0.39, 0.29) is 5.91 Å². The van der Waals surface area contributed by atoms with Crippen LogP contribution in [0.3, 0.4) is 0 Å². The molecule has 0 spiro atoms. The normalized spacial score (nSPS) is 21.2. The van der Waals surface area contributed by atoms with Gasteiger partial charge in [0.15, 0.2) is 0 Å². The fourth-order valence-corrected chi connectivity index (χ4v) is 3.88. The number of aryl methyl sites for hydroxylation is 1. The average molecular weight is 336 g/mol. The number of rotatable bonds is 3. The van der Waals surface area contributed by atoms with Crippen LogP contribution in [-0.2, 0) is 17.8 Å². The molecule has 3 heterocycles. The molecular weight excluding hydrogens is 312 g/mol. The van der Waals surface area contributed by atoms with Crippen LogP contribution in [0.5, 0.6) is 0 Å².